The number of non-ortho nitro benzene ring substituents is 1. The van der Waals surface area contributed by atoms with Gasteiger partial charge in [-0.1, -0.05) is 36.4 Å². The Balaban J connectivity index is 2.01. The lowest BCUT2D eigenvalue weighted by atomic mass is 10.0. The standard InChI is InChI=1S/C16H12N2O2/c19-18(20)14-6-3-4-12(10-14)11-16-15-7-2-1-5-13(15)8-9-17-16/h1-10H,11H2. The van der Waals surface area contributed by atoms with Crippen LogP contribution in [0.25, 0.3) is 10.8 Å². The average molecular weight is 264 g/mol. The molecule has 0 saturated carbocycles. The van der Waals surface area contributed by atoms with Gasteiger partial charge in [0, 0.05) is 30.1 Å². The SMILES string of the molecule is O=[N+]([O-])c1cccc(Cc2nccc3ccccc23)c1. The summed E-state index contributed by atoms with van der Waals surface area (Å²) in [6.45, 7) is 0. The molecular formula is C16H12N2O2. The molecule has 1 heterocycles. The zero-order valence-electron chi connectivity index (χ0n) is 10.7. The van der Waals surface area contributed by atoms with Crippen molar-refractivity contribution in [2.24, 2.45) is 0 Å². The van der Waals surface area contributed by atoms with Crippen LogP contribution in [0.3, 0.4) is 0 Å². The number of pyridine rings is 1. The maximum atomic E-state index is 10.8. The molecule has 4 heteroatoms. The molecule has 0 unspecified atom stereocenters. The molecule has 98 valence electrons. The fourth-order valence-corrected chi connectivity index (χ4v) is 2.30. The quantitative estimate of drug-likeness (QED) is 0.535. The van der Waals surface area contributed by atoms with E-state index in [2.05, 4.69) is 4.98 Å². The molecule has 4 nitrogen and oxygen atoms in total. The van der Waals surface area contributed by atoms with Crippen molar-refractivity contribution < 1.29 is 4.92 Å². The predicted octanol–water partition coefficient (Wildman–Crippen LogP) is 3.73. The summed E-state index contributed by atoms with van der Waals surface area (Å²) in [5.74, 6) is 0. The van der Waals surface area contributed by atoms with Gasteiger partial charge in [0.25, 0.3) is 5.69 Å². The Kier molecular flexibility index (Phi) is 3.13. The van der Waals surface area contributed by atoms with Crippen LogP contribution in [0.1, 0.15) is 11.3 Å². The van der Waals surface area contributed by atoms with Crippen molar-refractivity contribution in [3.63, 3.8) is 0 Å². The van der Waals surface area contributed by atoms with Crippen molar-refractivity contribution in [2.45, 2.75) is 6.42 Å². The normalized spacial score (nSPS) is 10.6. The molecule has 3 rings (SSSR count). The van der Waals surface area contributed by atoms with Gasteiger partial charge in [-0.15, -0.1) is 0 Å². The molecular weight excluding hydrogens is 252 g/mol. The van der Waals surface area contributed by atoms with Crippen molar-refractivity contribution in [1.29, 1.82) is 0 Å². The first-order valence-electron chi connectivity index (χ1n) is 6.30. The van der Waals surface area contributed by atoms with Gasteiger partial charge in [0.05, 0.1) is 10.6 Å². The number of nitrogens with zero attached hydrogens (tertiary/aromatic N) is 2. The number of hydrogen-bond donors (Lipinski definition) is 0. The summed E-state index contributed by atoms with van der Waals surface area (Å²) in [5, 5.41) is 13.0. The molecule has 0 atom stereocenters. The fraction of sp³-hybridized carbons (Fsp3) is 0.0625. The molecule has 0 radical (unpaired) electrons. The van der Waals surface area contributed by atoms with Gasteiger partial charge in [-0.3, -0.25) is 15.1 Å². The summed E-state index contributed by atoms with van der Waals surface area (Å²) < 4.78 is 0. The highest BCUT2D eigenvalue weighted by Gasteiger charge is 2.08. The van der Waals surface area contributed by atoms with Crippen molar-refractivity contribution >= 4 is 16.5 Å². The van der Waals surface area contributed by atoms with E-state index in [-0.39, 0.29) is 10.6 Å². The van der Waals surface area contributed by atoms with Crippen molar-refractivity contribution in [1.82, 2.24) is 4.98 Å². The lowest BCUT2D eigenvalue weighted by Gasteiger charge is -2.05. The maximum Gasteiger partial charge on any atom is 0.269 e. The average Bonchev–Trinajstić information content (AvgIpc) is 2.48. The van der Waals surface area contributed by atoms with Crippen LogP contribution in [0.5, 0.6) is 0 Å². The minimum absolute atomic E-state index is 0.114. The molecule has 2 aromatic carbocycles. The van der Waals surface area contributed by atoms with Crippen LogP contribution < -0.4 is 0 Å². The van der Waals surface area contributed by atoms with E-state index in [1.165, 1.54) is 6.07 Å². The second kappa shape index (κ2) is 5.09. The first-order valence-corrected chi connectivity index (χ1v) is 6.30. The molecule has 0 aliphatic rings. The summed E-state index contributed by atoms with van der Waals surface area (Å²) in [6.07, 6.45) is 2.36. The third kappa shape index (κ3) is 2.36. The van der Waals surface area contributed by atoms with E-state index in [9.17, 15) is 10.1 Å². The van der Waals surface area contributed by atoms with E-state index in [1.807, 2.05) is 36.4 Å². The summed E-state index contributed by atoms with van der Waals surface area (Å²) in [5.41, 5.74) is 1.94. The summed E-state index contributed by atoms with van der Waals surface area (Å²) in [4.78, 5) is 14.8. The third-order valence-corrected chi connectivity index (χ3v) is 3.25. The highest BCUT2D eigenvalue weighted by atomic mass is 16.6. The Bertz CT molecular complexity index is 779. The largest absolute Gasteiger partial charge is 0.269 e. The molecule has 0 aliphatic heterocycles. The van der Waals surface area contributed by atoms with Crippen LogP contribution in [0, 0.1) is 10.1 Å². The van der Waals surface area contributed by atoms with Crippen molar-refractivity contribution in [3.05, 3.63) is 82.2 Å². The highest BCUT2D eigenvalue weighted by molar-refractivity contribution is 5.84. The van der Waals surface area contributed by atoms with Gasteiger partial charge in [0.15, 0.2) is 0 Å². The van der Waals surface area contributed by atoms with Crippen LogP contribution in [0.4, 0.5) is 5.69 Å². The summed E-state index contributed by atoms with van der Waals surface area (Å²) >= 11 is 0. The van der Waals surface area contributed by atoms with E-state index in [0.717, 1.165) is 22.0 Å². The van der Waals surface area contributed by atoms with E-state index >= 15 is 0 Å². The molecule has 0 bridgehead atoms. The Morgan fingerprint density at radius 2 is 1.90 bits per heavy atom. The van der Waals surface area contributed by atoms with Gasteiger partial charge in [-0.05, 0) is 17.0 Å². The second-order valence-electron chi connectivity index (χ2n) is 4.58. The number of hydrogen-bond acceptors (Lipinski definition) is 3. The molecule has 0 aliphatic carbocycles. The molecule has 0 saturated heterocycles. The van der Waals surface area contributed by atoms with E-state index < -0.39 is 0 Å². The number of rotatable bonds is 3. The van der Waals surface area contributed by atoms with Gasteiger partial charge < -0.3 is 0 Å². The molecule has 20 heavy (non-hydrogen) atoms. The van der Waals surface area contributed by atoms with Gasteiger partial charge in [-0.25, -0.2) is 0 Å². The molecule has 1 aromatic heterocycles. The third-order valence-electron chi connectivity index (χ3n) is 3.25. The van der Waals surface area contributed by atoms with E-state index in [0.29, 0.717) is 6.42 Å². The molecule has 0 spiro atoms. The Morgan fingerprint density at radius 1 is 1.05 bits per heavy atom. The van der Waals surface area contributed by atoms with Crippen LogP contribution in [0.2, 0.25) is 0 Å². The van der Waals surface area contributed by atoms with Crippen molar-refractivity contribution in [2.75, 3.05) is 0 Å². The Labute approximate surface area is 115 Å². The number of benzene rings is 2. The lowest BCUT2D eigenvalue weighted by Crippen LogP contribution is -1.95. The van der Waals surface area contributed by atoms with E-state index in [1.54, 1.807) is 18.3 Å². The van der Waals surface area contributed by atoms with Crippen LogP contribution in [0.15, 0.2) is 60.8 Å². The fourth-order valence-electron chi connectivity index (χ4n) is 2.30. The number of nitro benzene ring substituents is 1. The minimum Gasteiger partial charge on any atom is -0.260 e. The Morgan fingerprint density at radius 3 is 2.75 bits per heavy atom. The van der Waals surface area contributed by atoms with Gasteiger partial charge in [0.2, 0.25) is 0 Å². The van der Waals surface area contributed by atoms with Crippen molar-refractivity contribution in [3.8, 4) is 0 Å². The number of fused-ring (bicyclic) bond motifs is 1. The van der Waals surface area contributed by atoms with Gasteiger partial charge >= 0.3 is 0 Å². The smallest absolute Gasteiger partial charge is 0.260 e. The predicted molar refractivity (Wildman–Crippen MR) is 77.6 cm³/mol. The van der Waals surface area contributed by atoms with Gasteiger partial charge in [0.1, 0.15) is 0 Å². The van der Waals surface area contributed by atoms with Crippen LogP contribution in [-0.4, -0.2) is 9.91 Å². The highest BCUT2D eigenvalue weighted by Crippen LogP contribution is 2.21. The second-order valence-corrected chi connectivity index (χ2v) is 4.58. The zero-order chi connectivity index (χ0) is 13.9. The molecule has 0 N–H and O–H groups in total. The topological polar surface area (TPSA) is 56.0 Å². The minimum atomic E-state index is -0.375. The molecule has 0 fully saturated rings. The first-order chi connectivity index (χ1) is 9.74. The van der Waals surface area contributed by atoms with E-state index in [4.69, 9.17) is 0 Å². The number of nitro groups is 1. The number of aromatic nitrogens is 1. The summed E-state index contributed by atoms with van der Waals surface area (Å²) in [7, 11) is 0. The molecule has 3 aromatic rings. The Hall–Kier alpha value is -2.75. The summed E-state index contributed by atoms with van der Waals surface area (Å²) in [6, 6.07) is 16.7. The lowest BCUT2D eigenvalue weighted by molar-refractivity contribution is -0.384. The van der Waals surface area contributed by atoms with Gasteiger partial charge in [-0.2, -0.15) is 0 Å². The zero-order valence-corrected chi connectivity index (χ0v) is 10.7. The van der Waals surface area contributed by atoms with Crippen LogP contribution >= 0.6 is 0 Å². The maximum absolute atomic E-state index is 10.8. The monoisotopic (exact) mass is 264 g/mol. The van der Waals surface area contributed by atoms with Crippen LogP contribution in [-0.2, 0) is 6.42 Å². The molecule has 0 amide bonds. The first kappa shape index (κ1) is 12.3.